The van der Waals surface area contributed by atoms with E-state index >= 15 is 0 Å². The highest BCUT2D eigenvalue weighted by Gasteiger charge is 2.22. The molecule has 4 nitrogen and oxygen atoms in total. The summed E-state index contributed by atoms with van der Waals surface area (Å²) in [6.45, 7) is 3.49. The van der Waals surface area contributed by atoms with Crippen molar-refractivity contribution < 1.29 is 13.0 Å². The molecule has 0 bridgehead atoms. The van der Waals surface area contributed by atoms with Crippen molar-refractivity contribution in [2.45, 2.75) is 25.6 Å². The Hall–Kier alpha value is -0.130. The van der Waals surface area contributed by atoms with Crippen molar-refractivity contribution in [1.29, 1.82) is 0 Å². The van der Waals surface area contributed by atoms with Gasteiger partial charge in [0, 0.05) is 0 Å². The standard InChI is InChI=1S/C5H13NO3S/c1-3-4(2)5(6)10(7,8)9/h4-5H,3,6H2,1-2H3,(H,7,8,9). The Bertz CT molecular complexity index is 187. The Morgan fingerprint density at radius 3 is 2.10 bits per heavy atom. The highest BCUT2D eigenvalue weighted by molar-refractivity contribution is 7.86. The molecule has 0 radical (unpaired) electrons. The maximum Gasteiger partial charge on any atom is 0.281 e. The molecular formula is C5H13NO3S. The summed E-state index contributed by atoms with van der Waals surface area (Å²) in [6.07, 6.45) is 0.640. The van der Waals surface area contributed by atoms with Gasteiger partial charge in [-0.2, -0.15) is 8.42 Å². The molecule has 0 saturated heterocycles. The number of hydrogen-bond donors (Lipinski definition) is 2. The Balaban J connectivity index is 4.23. The average Bonchev–Trinajstić information content (AvgIpc) is 1.83. The fraction of sp³-hybridized carbons (Fsp3) is 1.00. The highest BCUT2D eigenvalue weighted by atomic mass is 32.2. The zero-order valence-corrected chi connectivity index (χ0v) is 6.93. The quantitative estimate of drug-likeness (QED) is 0.588. The van der Waals surface area contributed by atoms with Gasteiger partial charge in [0.25, 0.3) is 10.1 Å². The Morgan fingerprint density at radius 1 is 1.60 bits per heavy atom. The zero-order valence-electron chi connectivity index (χ0n) is 6.11. The van der Waals surface area contributed by atoms with E-state index in [9.17, 15) is 8.42 Å². The fourth-order valence-corrected chi connectivity index (χ4v) is 1.31. The molecule has 0 amide bonds. The largest absolute Gasteiger partial charge is 0.313 e. The fourth-order valence-electron chi connectivity index (χ4n) is 0.526. The van der Waals surface area contributed by atoms with Gasteiger partial charge in [-0.3, -0.25) is 4.55 Å². The molecule has 0 fully saturated rings. The molecule has 0 aromatic rings. The number of hydrogen-bond acceptors (Lipinski definition) is 3. The van der Waals surface area contributed by atoms with Crippen LogP contribution in [0.1, 0.15) is 20.3 Å². The smallest absolute Gasteiger partial charge is 0.281 e. The molecule has 62 valence electrons. The van der Waals surface area contributed by atoms with Crippen LogP contribution in [0.4, 0.5) is 0 Å². The summed E-state index contributed by atoms with van der Waals surface area (Å²) in [7, 11) is -4.04. The predicted octanol–water partition coefficient (Wildman–Crippen LogP) is 0.205. The van der Waals surface area contributed by atoms with Crippen molar-refractivity contribution in [3.8, 4) is 0 Å². The van der Waals surface area contributed by atoms with Gasteiger partial charge in [0.2, 0.25) is 0 Å². The minimum atomic E-state index is -4.04. The lowest BCUT2D eigenvalue weighted by molar-refractivity contribution is 0.429. The van der Waals surface area contributed by atoms with Gasteiger partial charge in [-0.05, 0) is 5.92 Å². The molecule has 10 heavy (non-hydrogen) atoms. The molecule has 0 aromatic heterocycles. The minimum Gasteiger partial charge on any atom is -0.313 e. The number of nitrogens with two attached hydrogens (primary N) is 1. The summed E-state index contributed by atoms with van der Waals surface area (Å²) in [6, 6.07) is 0. The van der Waals surface area contributed by atoms with Crippen LogP contribution in [0.3, 0.4) is 0 Å². The van der Waals surface area contributed by atoms with Crippen LogP contribution >= 0.6 is 0 Å². The van der Waals surface area contributed by atoms with E-state index in [0.717, 1.165) is 0 Å². The van der Waals surface area contributed by atoms with Crippen molar-refractivity contribution in [2.24, 2.45) is 11.7 Å². The second kappa shape index (κ2) is 3.32. The Morgan fingerprint density at radius 2 is 2.00 bits per heavy atom. The van der Waals surface area contributed by atoms with Crippen LogP contribution < -0.4 is 5.73 Å². The van der Waals surface area contributed by atoms with E-state index in [1.54, 1.807) is 6.92 Å². The second-order valence-corrected chi connectivity index (χ2v) is 3.94. The van der Waals surface area contributed by atoms with Crippen LogP contribution in [-0.2, 0) is 10.1 Å². The van der Waals surface area contributed by atoms with E-state index in [1.165, 1.54) is 0 Å². The molecule has 0 heterocycles. The van der Waals surface area contributed by atoms with E-state index < -0.39 is 15.5 Å². The minimum absolute atomic E-state index is 0.199. The van der Waals surface area contributed by atoms with Crippen LogP contribution in [0.25, 0.3) is 0 Å². The lowest BCUT2D eigenvalue weighted by atomic mass is 10.1. The third-order valence-electron chi connectivity index (χ3n) is 1.55. The summed E-state index contributed by atoms with van der Waals surface area (Å²) in [4.78, 5) is 0. The first-order valence-corrected chi connectivity index (χ1v) is 4.61. The molecule has 0 aliphatic heterocycles. The Kier molecular flexibility index (Phi) is 3.27. The number of rotatable bonds is 3. The van der Waals surface area contributed by atoms with Crippen LogP contribution in [0, 0.1) is 5.92 Å². The van der Waals surface area contributed by atoms with Gasteiger partial charge >= 0.3 is 0 Å². The molecular weight excluding hydrogens is 154 g/mol. The molecule has 3 N–H and O–H groups in total. The van der Waals surface area contributed by atoms with Gasteiger partial charge < -0.3 is 5.73 Å². The van der Waals surface area contributed by atoms with Crippen LogP contribution in [-0.4, -0.2) is 18.3 Å². The third kappa shape index (κ3) is 2.64. The summed E-state index contributed by atoms with van der Waals surface area (Å²) < 4.78 is 29.2. The maximum atomic E-state index is 10.4. The van der Waals surface area contributed by atoms with E-state index in [2.05, 4.69) is 0 Å². The molecule has 0 saturated carbocycles. The zero-order chi connectivity index (χ0) is 8.36. The van der Waals surface area contributed by atoms with Crippen molar-refractivity contribution in [3.63, 3.8) is 0 Å². The first kappa shape index (κ1) is 9.87. The normalized spacial score (nSPS) is 18.4. The van der Waals surface area contributed by atoms with Crippen molar-refractivity contribution >= 4 is 10.1 Å². The van der Waals surface area contributed by atoms with Gasteiger partial charge in [0.05, 0.1) is 0 Å². The van der Waals surface area contributed by atoms with E-state index in [1.807, 2.05) is 6.92 Å². The van der Waals surface area contributed by atoms with E-state index in [4.69, 9.17) is 10.3 Å². The van der Waals surface area contributed by atoms with Crippen LogP contribution in [0.2, 0.25) is 0 Å². The lowest BCUT2D eigenvalue weighted by Gasteiger charge is -2.13. The molecule has 2 unspecified atom stereocenters. The van der Waals surface area contributed by atoms with E-state index in [-0.39, 0.29) is 5.92 Å². The summed E-state index contributed by atoms with van der Waals surface area (Å²) in [5.41, 5.74) is 5.17. The summed E-state index contributed by atoms with van der Waals surface area (Å²) in [5.74, 6) is -0.199. The van der Waals surface area contributed by atoms with E-state index in [0.29, 0.717) is 6.42 Å². The van der Waals surface area contributed by atoms with Crippen molar-refractivity contribution in [2.75, 3.05) is 0 Å². The van der Waals surface area contributed by atoms with Gasteiger partial charge in [0.1, 0.15) is 5.37 Å². The summed E-state index contributed by atoms with van der Waals surface area (Å²) >= 11 is 0. The monoisotopic (exact) mass is 167 g/mol. The third-order valence-corrected chi connectivity index (χ3v) is 2.70. The molecule has 0 spiro atoms. The molecule has 0 aliphatic rings. The maximum absolute atomic E-state index is 10.4. The average molecular weight is 167 g/mol. The van der Waals surface area contributed by atoms with Gasteiger partial charge in [-0.25, -0.2) is 0 Å². The molecule has 0 aromatic carbocycles. The molecule has 5 heteroatoms. The second-order valence-electron chi connectivity index (χ2n) is 2.37. The first-order chi connectivity index (χ1) is 4.39. The molecule has 2 atom stereocenters. The van der Waals surface area contributed by atoms with Crippen molar-refractivity contribution in [1.82, 2.24) is 0 Å². The lowest BCUT2D eigenvalue weighted by Crippen LogP contribution is -2.35. The molecule has 0 aliphatic carbocycles. The van der Waals surface area contributed by atoms with Crippen molar-refractivity contribution in [3.05, 3.63) is 0 Å². The molecule has 0 rings (SSSR count). The van der Waals surface area contributed by atoms with Gasteiger partial charge in [-0.1, -0.05) is 20.3 Å². The Labute approximate surface area is 61.2 Å². The topological polar surface area (TPSA) is 80.4 Å². The first-order valence-electron chi connectivity index (χ1n) is 3.11. The summed E-state index contributed by atoms with van der Waals surface area (Å²) in [5, 5.41) is -1.14. The van der Waals surface area contributed by atoms with Crippen LogP contribution in [0.15, 0.2) is 0 Å². The highest BCUT2D eigenvalue weighted by Crippen LogP contribution is 2.09. The predicted molar refractivity (Wildman–Crippen MR) is 39.0 cm³/mol. The SMILES string of the molecule is CCC(C)C(N)S(=O)(=O)O. The van der Waals surface area contributed by atoms with Gasteiger partial charge in [-0.15, -0.1) is 0 Å². The van der Waals surface area contributed by atoms with Gasteiger partial charge in [0.15, 0.2) is 0 Å². The van der Waals surface area contributed by atoms with Crippen LogP contribution in [0.5, 0.6) is 0 Å².